The number of hydrogen-bond acceptors (Lipinski definition) is 5. The molecule has 0 spiro atoms. The second-order valence-electron chi connectivity index (χ2n) is 6.32. The first-order valence-electron chi connectivity index (χ1n) is 8.96. The van der Waals surface area contributed by atoms with Crippen molar-refractivity contribution in [3.63, 3.8) is 0 Å². The second kappa shape index (κ2) is 9.22. The summed E-state index contributed by atoms with van der Waals surface area (Å²) >= 11 is 0. The lowest BCUT2D eigenvalue weighted by molar-refractivity contribution is 0.102. The van der Waals surface area contributed by atoms with Crippen LogP contribution in [0.2, 0.25) is 0 Å². The van der Waals surface area contributed by atoms with Crippen molar-refractivity contribution < 1.29 is 17.9 Å². The molecular formula is C22H19N3O4S. The van der Waals surface area contributed by atoms with E-state index >= 15 is 0 Å². The molecule has 7 nitrogen and oxygen atoms in total. The van der Waals surface area contributed by atoms with Crippen LogP contribution in [0.1, 0.15) is 21.5 Å². The summed E-state index contributed by atoms with van der Waals surface area (Å²) in [5.41, 5.74) is 1.77. The Kier molecular flexibility index (Phi) is 6.47. The van der Waals surface area contributed by atoms with Crippen LogP contribution < -0.4 is 14.8 Å². The first-order chi connectivity index (χ1) is 14.4. The first kappa shape index (κ1) is 21.0. The molecule has 0 aliphatic rings. The van der Waals surface area contributed by atoms with Crippen molar-refractivity contribution in [2.24, 2.45) is 0 Å². The van der Waals surface area contributed by atoms with Crippen LogP contribution in [0, 0.1) is 11.3 Å². The van der Waals surface area contributed by atoms with E-state index in [1.807, 2.05) is 24.3 Å². The Bertz CT molecular complexity index is 1200. The lowest BCUT2D eigenvalue weighted by Gasteiger charge is -2.13. The Morgan fingerprint density at radius 3 is 2.50 bits per heavy atom. The number of nitrogens with zero attached hydrogens (tertiary/aromatic N) is 1. The van der Waals surface area contributed by atoms with E-state index in [-0.39, 0.29) is 22.8 Å². The van der Waals surface area contributed by atoms with Gasteiger partial charge in [-0.15, -0.1) is 0 Å². The number of carbonyl (C=O) groups excluding carboxylic acids is 1. The molecule has 3 aromatic rings. The van der Waals surface area contributed by atoms with Gasteiger partial charge in [0.25, 0.3) is 5.91 Å². The Morgan fingerprint density at radius 1 is 1.03 bits per heavy atom. The van der Waals surface area contributed by atoms with E-state index in [1.54, 1.807) is 30.3 Å². The SMILES string of the molecule is COc1ccc(C(=O)Nc2cccc(C#N)c2)cc1S(=O)(=O)NCc1ccccc1. The Labute approximate surface area is 175 Å². The minimum atomic E-state index is -3.94. The summed E-state index contributed by atoms with van der Waals surface area (Å²) in [7, 11) is -2.58. The van der Waals surface area contributed by atoms with Crippen molar-refractivity contribution >= 4 is 21.6 Å². The third-order valence-electron chi connectivity index (χ3n) is 4.27. The number of methoxy groups -OCH3 is 1. The molecule has 2 N–H and O–H groups in total. The standard InChI is InChI=1S/C22H19N3O4S/c1-29-20-11-10-18(22(26)25-19-9-5-8-17(12-19)14-23)13-21(20)30(27,28)24-15-16-6-3-2-4-7-16/h2-13,24H,15H2,1H3,(H,25,26). The van der Waals surface area contributed by atoms with Gasteiger partial charge >= 0.3 is 0 Å². The molecule has 0 unspecified atom stereocenters. The average Bonchev–Trinajstić information content (AvgIpc) is 2.78. The van der Waals surface area contributed by atoms with Gasteiger partial charge in [0.15, 0.2) is 0 Å². The minimum absolute atomic E-state index is 0.101. The van der Waals surface area contributed by atoms with Crippen molar-refractivity contribution in [2.75, 3.05) is 12.4 Å². The molecule has 3 aromatic carbocycles. The maximum Gasteiger partial charge on any atom is 0.255 e. The lowest BCUT2D eigenvalue weighted by atomic mass is 10.2. The van der Waals surface area contributed by atoms with Gasteiger partial charge in [-0.2, -0.15) is 5.26 Å². The molecule has 0 aliphatic carbocycles. The summed E-state index contributed by atoms with van der Waals surface area (Å²) in [6.07, 6.45) is 0. The number of nitriles is 1. The van der Waals surface area contributed by atoms with Gasteiger partial charge in [-0.3, -0.25) is 4.79 Å². The van der Waals surface area contributed by atoms with Crippen LogP contribution >= 0.6 is 0 Å². The molecule has 0 saturated carbocycles. The number of carbonyl (C=O) groups is 1. The van der Waals surface area contributed by atoms with Gasteiger partial charge in [-0.1, -0.05) is 36.4 Å². The molecule has 0 bridgehead atoms. The van der Waals surface area contributed by atoms with Crippen molar-refractivity contribution in [2.45, 2.75) is 11.4 Å². The van der Waals surface area contributed by atoms with Gasteiger partial charge in [0.1, 0.15) is 10.6 Å². The highest BCUT2D eigenvalue weighted by Crippen LogP contribution is 2.25. The van der Waals surface area contributed by atoms with E-state index in [4.69, 9.17) is 10.00 Å². The van der Waals surface area contributed by atoms with Gasteiger partial charge in [0.05, 0.1) is 18.7 Å². The molecule has 30 heavy (non-hydrogen) atoms. The van der Waals surface area contributed by atoms with Crippen LogP contribution in [0.5, 0.6) is 5.75 Å². The highest BCUT2D eigenvalue weighted by molar-refractivity contribution is 7.89. The number of sulfonamides is 1. The molecule has 0 aromatic heterocycles. The fourth-order valence-corrected chi connectivity index (χ4v) is 3.96. The zero-order valence-electron chi connectivity index (χ0n) is 16.1. The zero-order chi connectivity index (χ0) is 21.6. The van der Waals surface area contributed by atoms with E-state index in [2.05, 4.69) is 10.0 Å². The Morgan fingerprint density at radius 2 is 1.80 bits per heavy atom. The molecule has 3 rings (SSSR count). The predicted molar refractivity (Wildman–Crippen MR) is 113 cm³/mol. The second-order valence-corrected chi connectivity index (χ2v) is 8.06. The van der Waals surface area contributed by atoms with Gasteiger partial charge in [0.2, 0.25) is 10.0 Å². The molecule has 0 heterocycles. The molecule has 152 valence electrons. The van der Waals surface area contributed by atoms with Gasteiger partial charge in [-0.25, -0.2) is 13.1 Å². The first-order valence-corrected chi connectivity index (χ1v) is 10.4. The van der Waals surface area contributed by atoms with Gasteiger partial charge in [0, 0.05) is 17.8 Å². The smallest absolute Gasteiger partial charge is 0.255 e. The normalized spacial score (nSPS) is 10.8. The predicted octanol–water partition coefficient (Wildman–Crippen LogP) is 3.30. The van der Waals surface area contributed by atoms with Gasteiger partial charge in [-0.05, 0) is 42.0 Å². The molecule has 0 atom stereocenters. The number of amides is 1. The van der Waals surface area contributed by atoms with E-state index in [0.717, 1.165) is 5.56 Å². The number of benzene rings is 3. The van der Waals surface area contributed by atoms with Crippen molar-refractivity contribution in [3.8, 4) is 11.8 Å². The number of anilines is 1. The quantitative estimate of drug-likeness (QED) is 0.609. The minimum Gasteiger partial charge on any atom is -0.495 e. The van der Waals surface area contributed by atoms with E-state index in [1.165, 1.54) is 31.4 Å². The molecule has 0 aliphatic heterocycles. The molecule has 0 fully saturated rings. The molecule has 0 saturated heterocycles. The lowest BCUT2D eigenvalue weighted by Crippen LogP contribution is -2.24. The zero-order valence-corrected chi connectivity index (χ0v) is 16.9. The van der Waals surface area contributed by atoms with Gasteiger partial charge < -0.3 is 10.1 Å². The summed E-state index contributed by atoms with van der Waals surface area (Å²) in [4.78, 5) is 12.5. The van der Waals surface area contributed by atoms with Crippen molar-refractivity contribution in [1.29, 1.82) is 5.26 Å². The molecular weight excluding hydrogens is 402 g/mol. The fourth-order valence-electron chi connectivity index (χ4n) is 2.75. The Hall–Kier alpha value is -3.67. The van der Waals surface area contributed by atoms with E-state index in [0.29, 0.717) is 11.3 Å². The summed E-state index contributed by atoms with van der Waals surface area (Å²) in [5, 5.41) is 11.6. The third kappa shape index (κ3) is 5.03. The largest absolute Gasteiger partial charge is 0.495 e. The topological polar surface area (TPSA) is 108 Å². The van der Waals surface area contributed by atoms with Crippen LogP contribution in [0.25, 0.3) is 0 Å². The highest BCUT2D eigenvalue weighted by Gasteiger charge is 2.21. The summed E-state index contributed by atoms with van der Waals surface area (Å²) in [6, 6.07) is 21.7. The molecule has 8 heteroatoms. The number of nitrogens with one attached hydrogen (secondary N) is 2. The summed E-state index contributed by atoms with van der Waals surface area (Å²) in [6.45, 7) is 0.101. The van der Waals surface area contributed by atoms with Crippen LogP contribution in [0.15, 0.2) is 77.7 Å². The van der Waals surface area contributed by atoms with Crippen LogP contribution in [-0.2, 0) is 16.6 Å². The monoisotopic (exact) mass is 421 g/mol. The van der Waals surface area contributed by atoms with Crippen LogP contribution in [0.4, 0.5) is 5.69 Å². The maximum absolute atomic E-state index is 12.8. The van der Waals surface area contributed by atoms with Crippen LogP contribution in [0.3, 0.4) is 0 Å². The van der Waals surface area contributed by atoms with E-state index < -0.39 is 15.9 Å². The Balaban J connectivity index is 1.85. The number of rotatable bonds is 7. The summed E-state index contributed by atoms with van der Waals surface area (Å²) < 4.78 is 33.4. The molecule has 0 radical (unpaired) electrons. The fraction of sp³-hybridized carbons (Fsp3) is 0.0909. The van der Waals surface area contributed by atoms with Crippen molar-refractivity contribution in [3.05, 3.63) is 89.5 Å². The van der Waals surface area contributed by atoms with E-state index in [9.17, 15) is 13.2 Å². The van der Waals surface area contributed by atoms with Crippen LogP contribution in [-0.4, -0.2) is 21.4 Å². The highest BCUT2D eigenvalue weighted by atomic mass is 32.2. The average molecular weight is 421 g/mol. The maximum atomic E-state index is 12.8. The number of ether oxygens (including phenoxy) is 1. The molecule has 1 amide bonds. The van der Waals surface area contributed by atoms with Crippen molar-refractivity contribution in [1.82, 2.24) is 4.72 Å². The summed E-state index contributed by atoms with van der Waals surface area (Å²) in [5.74, 6) is -0.383. The third-order valence-corrected chi connectivity index (χ3v) is 5.70. The number of hydrogen-bond donors (Lipinski definition) is 2.